The first-order valence-electron chi connectivity index (χ1n) is 12.8. The first-order chi connectivity index (χ1) is 16.3. The Morgan fingerprint density at radius 3 is 2.59 bits per heavy atom. The molecular formula is C27H43NO6. The lowest BCUT2D eigenvalue weighted by molar-refractivity contribution is -0.147. The number of esters is 1. The van der Waals surface area contributed by atoms with E-state index in [1.807, 2.05) is 38.1 Å². The number of hydrogen-bond donors (Lipinski definition) is 2. The van der Waals surface area contributed by atoms with Crippen LogP contribution in [0.2, 0.25) is 0 Å². The summed E-state index contributed by atoms with van der Waals surface area (Å²) < 4.78 is 10.4. The van der Waals surface area contributed by atoms with Crippen molar-refractivity contribution >= 4 is 5.97 Å². The minimum Gasteiger partial charge on any atom is -0.497 e. The second-order valence-corrected chi connectivity index (χ2v) is 9.92. The lowest BCUT2D eigenvalue weighted by Crippen LogP contribution is -2.23. The maximum atomic E-state index is 11.6. The average molecular weight is 478 g/mol. The van der Waals surface area contributed by atoms with Crippen LogP contribution in [-0.2, 0) is 16.0 Å². The summed E-state index contributed by atoms with van der Waals surface area (Å²) in [5.74, 6) is 0.718. The number of nitrogens with zero attached hydrogens (tertiary/aromatic N) is 1. The van der Waals surface area contributed by atoms with E-state index in [0.29, 0.717) is 32.1 Å². The number of carbonyl (C=O) groups excluding carboxylic acids is 1. The third-order valence-corrected chi connectivity index (χ3v) is 6.93. The highest BCUT2D eigenvalue weighted by Gasteiger charge is 2.42. The molecule has 0 radical (unpaired) electrons. The van der Waals surface area contributed by atoms with Crippen molar-refractivity contribution in [1.29, 1.82) is 0 Å². The van der Waals surface area contributed by atoms with Crippen molar-refractivity contribution in [1.82, 2.24) is 0 Å². The van der Waals surface area contributed by atoms with Crippen molar-refractivity contribution in [2.45, 2.75) is 109 Å². The summed E-state index contributed by atoms with van der Waals surface area (Å²) in [6.07, 6.45) is 7.03. The van der Waals surface area contributed by atoms with Gasteiger partial charge in [-0.2, -0.15) is 4.91 Å². The van der Waals surface area contributed by atoms with Crippen molar-refractivity contribution in [3.63, 3.8) is 0 Å². The van der Waals surface area contributed by atoms with E-state index in [-0.39, 0.29) is 30.0 Å². The Bertz CT molecular complexity index is 740. The number of nitroso groups, excluding NO2 is 1. The van der Waals surface area contributed by atoms with Gasteiger partial charge in [-0.05, 0) is 88.3 Å². The Hall–Kier alpha value is -1.99. The van der Waals surface area contributed by atoms with Gasteiger partial charge >= 0.3 is 5.97 Å². The number of unbranched alkanes of at least 4 members (excludes halogenated alkanes) is 3. The predicted molar refractivity (Wildman–Crippen MR) is 133 cm³/mol. The lowest BCUT2D eigenvalue weighted by Gasteiger charge is -2.24. The van der Waals surface area contributed by atoms with Crippen LogP contribution in [0.3, 0.4) is 0 Å². The number of carbonyl (C=O) groups is 1. The summed E-state index contributed by atoms with van der Waals surface area (Å²) in [6.45, 7) is 3.70. The first-order valence-corrected chi connectivity index (χ1v) is 12.8. The quantitative estimate of drug-likeness (QED) is 0.193. The molecule has 1 saturated carbocycles. The van der Waals surface area contributed by atoms with Gasteiger partial charge in [0.1, 0.15) is 5.75 Å². The van der Waals surface area contributed by atoms with Crippen molar-refractivity contribution in [2.24, 2.45) is 17.0 Å². The summed E-state index contributed by atoms with van der Waals surface area (Å²) in [5, 5.41) is 24.4. The number of aliphatic hydroxyl groups is 2. The van der Waals surface area contributed by atoms with E-state index in [0.717, 1.165) is 49.8 Å². The van der Waals surface area contributed by atoms with Crippen LogP contribution in [-0.4, -0.2) is 47.6 Å². The van der Waals surface area contributed by atoms with Crippen LogP contribution in [0.4, 0.5) is 0 Å². The third kappa shape index (κ3) is 9.71. The molecule has 5 atom stereocenters. The maximum absolute atomic E-state index is 11.6. The summed E-state index contributed by atoms with van der Waals surface area (Å²) in [6, 6.07) is 7.48. The van der Waals surface area contributed by atoms with E-state index >= 15 is 0 Å². The Morgan fingerprint density at radius 2 is 1.88 bits per heavy atom. The second kappa shape index (κ2) is 15.1. The molecule has 0 aliphatic heterocycles. The lowest BCUT2D eigenvalue weighted by atomic mass is 9.84. The highest BCUT2D eigenvalue weighted by molar-refractivity contribution is 5.69. The molecule has 1 aliphatic carbocycles. The van der Waals surface area contributed by atoms with Crippen molar-refractivity contribution in [3.05, 3.63) is 34.7 Å². The molecule has 0 bridgehead atoms. The van der Waals surface area contributed by atoms with Crippen LogP contribution < -0.4 is 4.74 Å². The molecule has 34 heavy (non-hydrogen) atoms. The van der Waals surface area contributed by atoms with Gasteiger partial charge in [0.2, 0.25) is 0 Å². The maximum Gasteiger partial charge on any atom is 0.306 e. The average Bonchev–Trinajstić information content (AvgIpc) is 3.12. The monoisotopic (exact) mass is 477 g/mol. The molecule has 7 nitrogen and oxygen atoms in total. The molecule has 1 aliphatic rings. The Labute approximate surface area is 204 Å². The van der Waals surface area contributed by atoms with E-state index < -0.39 is 12.2 Å². The van der Waals surface area contributed by atoms with Gasteiger partial charge in [-0.15, -0.1) is 0 Å². The molecule has 1 fully saturated rings. The van der Waals surface area contributed by atoms with Gasteiger partial charge in [-0.25, -0.2) is 0 Å². The van der Waals surface area contributed by atoms with E-state index in [2.05, 4.69) is 5.18 Å². The van der Waals surface area contributed by atoms with Gasteiger partial charge in [-0.3, -0.25) is 4.79 Å². The van der Waals surface area contributed by atoms with Crippen LogP contribution >= 0.6 is 0 Å². The van der Waals surface area contributed by atoms with Gasteiger partial charge in [0.15, 0.2) is 0 Å². The number of aryl methyl sites for hydroxylation is 1. The number of ether oxygens (including phenoxy) is 2. The number of hydrogen-bond acceptors (Lipinski definition) is 7. The summed E-state index contributed by atoms with van der Waals surface area (Å²) in [4.78, 5) is 23.0. The molecule has 0 amide bonds. The summed E-state index contributed by atoms with van der Waals surface area (Å²) >= 11 is 0. The number of aliphatic hydroxyl groups excluding tert-OH is 2. The molecule has 2 rings (SSSR count). The number of rotatable bonds is 16. The number of methoxy groups -OCH3 is 1. The van der Waals surface area contributed by atoms with Crippen molar-refractivity contribution < 1.29 is 24.5 Å². The van der Waals surface area contributed by atoms with E-state index in [4.69, 9.17) is 9.47 Å². The molecule has 1 aromatic carbocycles. The minimum absolute atomic E-state index is 0.0139. The molecular weight excluding hydrogens is 434 g/mol. The Morgan fingerprint density at radius 1 is 1.12 bits per heavy atom. The van der Waals surface area contributed by atoms with E-state index in [1.165, 1.54) is 0 Å². The van der Waals surface area contributed by atoms with Gasteiger partial charge in [-0.1, -0.05) is 36.6 Å². The van der Waals surface area contributed by atoms with Gasteiger partial charge in [0.25, 0.3) is 0 Å². The summed E-state index contributed by atoms with van der Waals surface area (Å²) in [7, 11) is 1.64. The topological polar surface area (TPSA) is 105 Å². The van der Waals surface area contributed by atoms with Crippen LogP contribution in [0.5, 0.6) is 5.75 Å². The largest absolute Gasteiger partial charge is 0.497 e. The molecule has 1 aromatic rings. The van der Waals surface area contributed by atoms with Gasteiger partial charge in [0.05, 0.1) is 31.5 Å². The molecule has 0 saturated heterocycles. The van der Waals surface area contributed by atoms with Crippen LogP contribution in [0.25, 0.3) is 0 Å². The van der Waals surface area contributed by atoms with Gasteiger partial charge < -0.3 is 19.7 Å². The fraction of sp³-hybridized carbons (Fsp3) is 0.741. The molecule has 0 heterocycles. The molecule has 0 spiro atoms. The van der Waals surface area contributed by atoms with Gasteiger partial charge in [0, 0.05) is 6.42 Å². The van der Waals surface area contributed by atoms with Crippen molar-refractivity contribution in [2.75, 3.05) is 7.11 Å². The zero-order chi connectivity index (χ0) is 24.9. The van der Waals surface area contributed by atoms with Crippen LogP contribution in [0.15, 0.2) is 29.4 Å². The van der Waals surface area contributed by atoms with E-state index in [1.54, 1.807) is 7.11 Å². The van der Waals surface area contributed by atoms with Crippen LogP contribution in [0, 0.1) is 16.7 Å². The minimum atomic E-state index is -0.511. The fourth-order valence-electron chi connectivity index (χ4n) is 5.12. The van der Waals surface area contributed by atoms with Crippen molar-refractivity contribution in [3.8, 4) is 5.75 Å². The molecule has 7 heteroatoms. The molecule has 2 N–H and O–H groups in total. The zero-order valence-electron chi connectivity index (χ0n) is 21.0. The van der Waals surface area contributed by atoms with Crippen LogP contribution in [0.1, 0.15) is 83.6 Å². The highest BCUT2D eigenvalue weighted by Crippen LogP contribution is 2.41. The SMILES string of the molecule is COc1cccc(CCC(O)CCC2C(N=O)CC(O)C2CCCCCCC(=O)OC(C)C)c1. The number of benzene rings is 1. The zero-order valence-corrected chi connectivity index (χ0v) is 21.0. The normalized spacial score (nSPS) is 23.1. The third-order valence-electron chi connectivity index (χ3n) is 6.93. The van der Waals surface area contributed by atoms with E-state index in [9.17, 15) is 19.9 Å². The molecule has 5 unspecified atom stereocenters. The molecule has 0 aromatic heterocycles. The second-order valence-electron chi connectivity index (χ2n) is 9.92. The summed E-state index contributed by atoms with van der Waals surface area (Å²) in [5.41, 5.74) is 1.12. The fourth-order valence-corrected chi connectivity index (χ4v) is 5.12. The smallest absolute Gasteiger partial charge is 0.306 e. The highest BCUT2D eigenvalue weighted by atomic mass is 16.5. The standard InChI is InChI=1S/C27H43NO6/c1-19(2)34-27(31)12-7-5-4-6-11-24-23(25(28-32)18-26(24)30)16-15-21(29)14-13-20-9-8-10-22(17-20)33-3/h8-10,17,19,21,23-26,29-30H,4-7,11-16,18H2,1-3H3. The molecule has 192 valence electrons. The Kier molecular flexibility index (Phi) is 12.5. The predicted octanol–water partition coefficient (Wildman–Crippen LogP) is 5.19. The first kappa shape index (κ1) is 28.2. The Balaban J connectivity index is 1.73.